The molecule has 2 N–H and O–H groups in total. The number of nitrogens with one attached hydrogen (secondary N) is 1. The Balaban J connectivity index is 1.49. The number of aromatic nitrogens is 3. The fraction of sp³-hybridized carbons (Fsp3) is 0.310. The van der Waals surface area contributed by atoms with Crippen LogP contribution in [0, 0.1) is 11.6 Å². The summed E-state index contributed by atoms with van der Waals surface area (Å²) in [5.74, 6) is -3.34. The molecule has 4 aromatic rings. The molecule has 40 heavy (non-hydrogen) atoms. The lowest BCUT2D eigenvalue weighted by Gasteiger charge is -2.26. The molecule has 11 heteroatoms. The van der Waals surface area contributed by atoms with E-state index in [0.717, 1.165) is 42.6 Å². The van der Waals surface area contributed by atoms with Crippen LogP contribution in [0.4, 0.5) is 19.3 Å². The Morgan fingerprint density at radius 2 is 1.80 bits per heavy atom. The van der Waals surface area contributed by atoms with Crippen LogP contribution >= 0.6 is 0 Å². The van der Waals surface area contributed by atoms with Crippen molar-refractivity contribution in [3.63, 3.8) is 0 Å². The number of fused-ring (bicyclic) bond motifs is 1. The molecule has 0 spiro atoms. The van der Waals surface area contributed by atoms with Crippen LogP contribution in [0.1, 0.15) is 40.9 Å². The SMILES string of the molecule is CN(C)Cc1cncc(NC(=O)n2nc(C(=O)O)c3cc(-c4cc(CN5CCCCC5)cc(F)c4F)ccc32)c1. The maximum absolute atomic E-state index is 15.0. The van der Waals surface area contributed by atoms with Gasteiger partial charge in [0.15, 0.2) is 17.3 Å². The second-order valence-electron chi connectivity index (χ2n) is 10.3. The van der Waals surface area contributed by atoms with Crippen LogP contribution in [0.25, 0.3) is 22.0 Å². The Morgan fingerprint density at radius 1 is 1.02 bits per heavy atom. The maximum atomic E-state index is 15.0. The van der Waals surface area contributed by atoms with E-state index < -0.39 is 23.6 Å². The number of amides is 1. The number of carboxylic acids is 1. The molecule has 0 radical (unpaired) electrons. The lowest BCUT2D eigenvalue weighted by atomic mass is 9.99. The van der Waals surface area contributed by atoms with Crippen molar-refractivity contribution in [2.24, 2.45) is 0 Å². The number of aromatic carboxylic acids is 1. The Kier molecular flexibility index (Phi) is 7.85. The molecule has 0 saturated carbocycles. The lowest BCUT2D eigenvalue weighted by Crippen LogP contribution is -2.29. The normalized spacial score (nSPS) is 14.1. The largest absolute Gasteiger partial charge is 0.476 e. The molecule has 0 aliphatic carbocycles. The summed E-state index contributed by atoms with van der Waals surface area (Å²) in [6, 6.07) is 8.33. The number of pyridine rings is 1. The molecule has 1 saturated heterocycles. The first kappa shape index (κ1) is 27.4. The van der Waals surface area contributed by atoms with Crippen molar-refractivity contribution >= 4 is 28.6 Å². The summed E-state index contributed by atoms with van der Waals surface area (Å²) in [7, 11) is 3.82. The standard InChI is InChI=1S/C29H30F2N6O3/c1-35(2)16-19-10-21(15-32-14-19)33-29(40)37-25-7-6-20(13-23(25)27(34-37)28(38)39)22-11-18(12-24(30)26(22)31)17-36-8-4-3-5-9-36/h6-7,10-15H,3-5,8-9,16-17H2,1-2H3,(H,33,40)(H,38,39). The van der Waals surface area contributed by atoms with Gasteiger partial charge in [-0.05, 0) is 87.0 Å². The molecule has 1 fully saturated rings. The first-order valence-electron chi connectivity index (χ1n) is 13.1. The second-order valence-corrected chi connectivity index (χ2v) is 10.3. The van der Waals surface area contributed by atoms with Gasteiger partial charge in [0.25, 0.3) is 0 Å². The number of anilines is 1. The molecule has 5 rings (SSSR count). The quantitative estimate of drug-likeness (QED) is 0.327. The maximum Gasteiger partial charge on any atom is 0.357 e. The van der Waals surface area contributed by atoms with Crippen molar-refractivity contribution in [2.45, 2.75) is 32.4 Å². The number of rotatable bonds is 7. The van der Waals surface area contributed by atoms with Crippen molar-refractivity contribution in [1.29, 1.82) is 0 Å². The van der Waals surface area contributed by atoms with Gasteiger partial charge in [0.1, 0.15) is 0 Å². The van der Waals surface area contributed by atoms with Gasteiger partial charge in [-0.3, -0.25) is 9.88 Å². The number of carbonyl (C=O) groups is 2. The molecule has 1 aliphatic heterocycles. The average Bonchev–Trinajstić information content (AvgIpc) is 3.30. The minimum Gasteiger partial charge on any atom is -0.476 e. The zero-order chi connectivity index (χ0) is 28.4. The molecule has 1 amide bonds. The topological polar surface area (TPSA) is 104 Å². The molecule has 208 valence electrons. The third-order valence-electron chi connectivity index (χ3n) is 6.87. The summed E-state index contributed by atoms with van der Waals surface area (Å²) in [6.45, 7) is 2.91. The highest BCUT2D eigenvalue weighted by Gasteiger charge is 2.23. The lowest BCUT2D eigenvalue weighted by molar-refractivity contribution is 0.0692. The van der Waals surface area contributed by atoms with Crippen molar-refractivity contribution in [1.82, 2.24) is 24.6 Å². The zero-order valence-electron chi connectivity index (χ0n) is 22.3. The number of carboxylic acid groups (broad SMARTS) is 1. The van der Waals surface area contributed by atoms with Gasteiger partial charge in [-0.15, -0.1) is 0 Å². The summed E-state index contributed by atoms with van der Waals surface area (Å²) in [4.78, 5) is 33.5. The monoisotopic (exact) mass is 548 g/mol. The van der Waals surface area contributed by atoms with E-state index in [4.69, 9.17) is 0 Å². The van der Waals surface area contributed by atoms with Gasteiger partial charge in [0, 0.05) is 30.2 Å². The van der Waals surface area contributed by atoms with Gasteiger partial charge < -0.3 is 15.3 Å². The van der Waals surface area contributed by atoms with Crippen LogP contribution in [0.15, 0.2) is 48.8 Å². The minimum atomic E-state index is -1.35. The smallest absolute Gasteiger partial charge is 0.357 e. The summed E-state index contributed by atoms with van der Waals surface area (Å²) in [6.07, 6.45) is 6.47. The molecule has 0 bridgehead atoms. The first-order chi connectivity index (χ1) is 19.2. The van der Waals surface area contributed by atoms with Crippen molar-refractivity contribution in [3.05, 3.63) is 77.2 Å². The number of benzene rings is 2. The Labute approximate surface area is 230 Å². The summed E-state index contributed by atoms with van der Waals surface area (Å²) >= 11 is 0. The molecule has 2 aromatic heterocycles. The minimum absolute atomic E-state index is 0.0197. The molecule has 9 nitrogen and oxygen atoms in total. The fourth-order valence-corrected chi connectivity index (χ4v) is 5.10. The van der Waals surface area contributed by atoms with Gasteiger partial charge in [-0.1, -0.05) is 12.5 Å². The Hall–Kier alpha value is -4.22. The molecular weight excluding hydrogens is 518 g/mol. The van der Waals surface area contributed by atoms with E-state index in [0.29, 0.717) is 24.3 Å². The highest BCUT2D eigenvalue weighted by atomic mass is 19.2. The van der Waals surface area contributed by atoms with E-state index in [1.54, 1.807) is 18.3 Å². The number of piperidine rings is 1. The van der Waals surface area contributed by atoms with Crippen LogP contribution in [-0.2, 0) is 13.1 Å². The van der Waals surface area contributed by atoms with Gasteiger partial charge in [0.05, 0.1) is 17.4 Å². The number of hydrogen-bond donors (Lipinski definition) is 2. The third-order valence-corrected chi connectivity index (χ3v) is 6.87. The highest BCUT2D eigenvalue weighted by molar-refractivity contribution is 6.06. The van der Waals surface area contributed by atoms with Crippen molar-refractivity contribution < 1.29 is 23.5 Å². The van der Waals surface area contributed by atoms with E-state index in [1.165, 1.54) is 30.5 Å². The molecule has 0 atom stereocenters. The number of halogens is 2. The van der Waals surface area contributed by atoms with Crippen LogP contribution in [0.2, 0.25) is 0 Å². The van der Waals surface area contributed by atoms with Gasteiger partial charge in [0.2, 0.25) is 0 Å². The second kappa shape index (κ2) is 11.5. The van der Waals surface area contributed by atoms with Gasteiger partial charge >= 0.3 is 12.0 Å². The average molecular weight is 549 g/mol. The molecule has 0 unspecified atom stereocenters. The van der Waals surface area contributed by atoms with Crippen molar-refractivity contribution in [3.8, 4) is 11.1 Å². The highest BCUT2D eigenvalue weighted by Crippen LogP contribution is 2.31. The number of hydrogen-bond acceptors (Lipinski definition) is 6. The first-order valence-corrected chi connectivity index (χ1v) is 13.1. The molecular formula is C29H30F2N6O3. The number of carbonyl (C=O) groups excluding carboxylic acids is 1. The number of nitrogens with zero attached hydrogens (tertiary/aromatic N) is 5. The predicted molar refractivity (Wildman–Crippen MR) is 147 cm³/mol. The summed E-state index contributed by atoms with van der Waals surface area (Å²) in [5, 5.41) is 16.7. The third kappa shape index (κ3) is 5.85. The Bertz CT molecular complexity index is 1580. The predicted octanol–water partition coefficient (Wildman–Crippen LogP) is 5.20. The molecule has 2 aromatic carbocycles. The van der Waals surface area contributed by atoms with E-state index in [1.807, 2.05) is 19.0 Å². The van der Waals surface area contributed by atoms with Gasteiger partial charge in [-0.2, -0.15) is 9.78 Å². The van der Waals surface area contributed by atoms with E-state index in [-0.39, 0.29) is 27.7 Å². The Morgan fingerprint density at radius 3 is 2.52 bits per heavy atom. The summed E-state index contributed by atoms with van der Waals surface area (Å²) in [5.41, 5.74) is 2.07. The number of likely N-dealkylation sites (tertiary alicyclic amines) is 1. The van der Waals surface area contributed by atoms with Crippen LogP contribution in [0.5, 0.6) is 0 Å². The van der Waals surface area contributed by atoms with E-state index >= 15 is 0 Å². The van der Waals surface area contributed by atoms with Crippen LogP contribution in [0.3, 0.4) is 0 Å². The van der Waals surface area contributed by atoms with E-state index in [9.17, 15) is 23.5 Å². The molecule has 1 aliphatic rings. The van der Waals surface area contributed by atoms with Gasteiger partial charge in [-0.25, -0.2) is 18.4 Å². The molecule has 3 heterocycles. The zero-order valence-corrected chi connectivity index (χ0v) is 22.3. The van der Waals surface area contributed by atoms with Crippen molar-refractivity contribution in [2.75, 3.05) is 32.5 Å². The van der Waals surface area contributed by atoms with Crippen LogP contribution < -0.4 is 5.32 Å². The summed E-state index contributed by atoms with van der Waals surface area (Å²) < 4.78 is 30.6. The fourth-order valence-electron chi connectivity index (χ4n) is 5.10. The van der Waals surface area contributed by atoms with Crippen LogP contribution in [-0.4, -0.2) is 68.9 Å². The van der Waals surface area contributed by atoms with E-state index in [2.05, 4.69) is 20.3 Å².